The average molecular weight is 512 g/mol. The predicted octanol–water partition coefficient (Wildman–Crippen LogP) is 5.70. The van der Waals surface area contributed by atoms with Crippen LogP contribution >= 0.6 is 31.9 Å². The van der Waals surface area contributed by atoms with E-state index in [4.69, 9.17) is 4.74 Å². The second-order valence-corrected chi connectivity index (χ2v) is 8.55. The van der Waals surface area contributed by atoms with Crippen molar-refractivity contribution in [2.75, 3.05) is 7.11 Å². The number of pyridine rings is 2. The Kier molecular flexibility index (Phi) is 4.64. The van der Waals surface area contributed by atoms with Gasteiger partial charge in [0, 0.05) is 21.3 Å². The quantitative estimate of drug-likeness (QED) is 0.311. The second kappa shape index (κ2) is 7.31. The fourth-order valence-electron chi connectivity index (χ4n) is 3.66. The van der Waals surface area contributed by atoms with Gasteiger partial charge in [0.2, 0.25) is 0 Å². The summed E-state index contributed by atoms with van der Waals surface area (Å²) in [7, 11) is 1.68. The monoisotopic (exact) mass is 510 g/mol. The number of methoxy groups -OCH3 is 1. The number of fused-ring (bicyclic) bond motifs is 2. The molecule has 7 heteroatoms. The first-order valence-corrected chi connectivity index (χ1v) is 10.6. The lowest BCUT2D eigenvalue weighted by Gasteiger charge is -2.18. The average Bonchev–Trinajstić information content (AvgIpc) is 3.33. The maximum Gasteiger partial charge on any atom is 0.136 e. The van der Waals surface area contributed by atoms with Crippen molar-refractivity contribution in [3.8, 4) is 5.75 Å². The van der Waals surface area contributed by atoms with Gasteiger partial charge in [-0.2, -0.15) is 0 Å². The molecular weight excluding hydrogens is 496 g/mol. The smallest absolute Gasteiger partial charge is 0.136 e. The Balaban J connectivity index is 1.78. The summed E-state index contributed by atoms with van der Waals surface area (Å²) in [5, 5.41) is 0. The molecular formula is C22H16Br2N4O. The van der Waals surface area contributed by atoms with Crippen LogP contribution in [0.4, 0.5) is 0 Å². The minimum absolute atomic E-state index is 0.0606. The zero-order chi connectivity index (χ0) is 20.0. The summed E-state index contributed by atoms with van der Waals surface area (Å²) in [5.74, 6) is 0.767. The molecule has 0 fully saturated rings. The zero-order valence-corrected chi connectivity index (χ0v) is 18.6. The summed E-state index contributed by atoms with van der Waals surface area (Å²) in [6.45, 7) is 0. The van der Waals surface area contributed by atoms with Crippen LogP contribution in [0.1, 0.15) is 22.9 Å². The zero-order valence-electron chi connectivity index (χ0n) is 15.5. The molecule has 4 aromatic heterocycles. The van der Waals surface area contributed by atoms with E-state index < -0.39 is 0 Å². The molecule has 4 heterocycles. The molecule has 29 heavy (non-hydrogen) atoms. The first-order chi connectivity index (χ1) is 14.1. The molecule has 1 aromatic carbocycles. The molecule has 0 saturated heterocycles. The molecule has 0 unspecified atom stereocenters. The lowest BCUT2D eigenvalue weighted by molar-refractivity contribution is 0.414. The number of aromatic nitrogens is 4. The van der Waals surface area contributed by atoms with E-state index in [1.807, 2.05) is 61.2 Å². The molecule has 5 aromatic rings. The molecule has 5 rings (SSSR count). The molecule has 0 spiro atoms. The summed E-state index contributed by atoms with van der Waals surface area (Å²) in [4.78, 5) is 9.25. The molecule has 0 saturated carbocycles. The van der Waals surface area contributed by atoms with Gasteiger partial charge in [0.05, 0.1) is 36.8 Å². The Bertz CT molecular complexity index is 1240. The first kappa shape index (κ1) is 18.4. The van der Waals surface area contributed by atoms with E-state index in [1.54, 1.807) is 7.11 Å². The van der Waals surface area contributed by atoms with Crippen molar-refractivity contribution in [1.82, 2.24) is 18.8 Å². The van der Waals surface area contributed by atoms with E-state index in [2.05, 4.69) is 62.8 Å². The van der Waals surface area contributed by atoms with Crippen LogP contribution in [0.2, 0.25) is 0 Å². The van der Waals surface area contributed by atoms with Gasteiger partial charge in [-0.15, -0.1) is 0 Å². The number of rotatable bonds is 4. The second-order valence-electron chi connectivity index (χ2n) is 6.72. The van der Waals surface area contributed by atoms with E-state index >= 15 is 0 Å². The molecule has 0 aliphatic carbocycles. The van der Waals surface area contributed by atoms with Crippen molar-refractivity contribution in [3.05, 3.63) is 99.2 Å². The molecule has 5 nitrogen and oxygen atoms in total. The van der Waals surface area contributed by atoms with Gasteiger partial charge in [-0.05, 0) is 73.8 Å². The highest BCUT2D eigenvalue weighted by Gasteiger charge is 2.24. The van der Waals surface area contributed by atoms with Gasteiger partial charge < -0.3 is 13.5 Å². The van der Waals surface area contributed by atoms with E-state index in [0.29, 0.717) is 0 Å². The van der Waals surface area contributed by atoms with Crippen LogP contribution in [0.15, 0.2) is 82.3 Å². The Morgan fingerprint density at radius 1 is 0.759 bits per heavy atom. The Morgan fingerprint density at radius 3 is 1.76 bits per heavy atom. The molecule has 0 amide bonds. The Morgan fingerprint density at radius 2 is 1.28 bits per heavy atom. The van der Waals surface area contributed by atoms with Crippen molar-refractivity contribution in [1.29, 1.82) is 0 Å². The topological polar surface area (TPSA) is 43.8 Å². The van der Waals surface area contributed by atoms with E-state index in [0.717, 1.165) is 42.9 Å². The van der Waals surface area contributed by atoms with Gasteiger partial charge in [-0.25, -0.2) is 9.97 Å². The number of halogens is 2. The minimum atomic E-state index is -0.0606. The van der Waals surface area contributed by atoms with E-state index in [1.165, 1.54) is 0 Å². The van der Waals surface area contributed by atoms with Gasteiger partial charge in [0.25, 0.3) is 0 Å². The number of hydrogen-bond acceptors (Lipinski definition) is 3. The van der Waals surface area contributed by atoms with Crippen molar-refractivity contribution >= 4 is 43.2 Å². The molecule has 0 bridgehead atoms. The fourth-order valence-corrected chi connectivity index (χ4v) is 4.34. The predicted molar refractivity (Wildman–Crippen MR) is 120 cm³/mol. The third kappa shape index (κ3) is 3.24. The van der Waals surface area contributed by atoms with Crippen LogP contribution in [0.25, 0.3) is 11.3 Å². The number of ether oxygens (including phenoxy) is 1. The van der Waals surface area contributed by atoms with E-state index in [-0.39, 0.29) is 5.92 Å². The number of hydrogen-bond donors (Lipinski definition) is 0. The van der Waals surface area contributed by atoms with Gasteiger partial charge in [-0.3, -0.25) is 0 Å². The first-order valence-electron chi connectivity index (χ1n) is 9.03. The Labute approximate surface area is 184 Å². The van der Waals surface area contributed by atoms with Crippen LogP contribution in [-0.4, -0.2) is 25.9 Å². The maximum absolute atomic E-state index is 5.35. The normalized spacial score (nSPS) is 11.6. The van der Waals surface area contributed by atoms with Crippen LogP contribution < -0.4 is 4.74 Å². The van der Waals surface area contributed by atoms with Crippen LogP contribution in [0.5, 0.6) is 5.75 Å². The summed E-state index contributed by atoms with van der Waals surface area (Å²) < 4.78 is 11.6. The molecule has 0 N–H and O–H groups in total. The maximum atomic E-state index is 5.35. The largest absolute Gasteiger partial charge is 0.497 e. The van der Waals surface area contributed by atoms with Gasteiger partial charge in [-0.1, -0.05) is 12.1 Å². The molecule has 0 radical (unpaired) electrons. The summed E-state index contributed by atoms with van der Waals surface area (Å²) in [6.07, 6.45) is 7.97. The molecule has 144 valence electrons. The number of benzene rings is 1. The summed E-state index contributed by atoms with van der Waals surface area (Å²) >= 11 is 7.17. The standard InChI is InChI=1S/C22H16Br2N4O/c1-29-17-6-2-14(3-7-17)22(18-10-25-20-8-4-15(23)12-27(18)20)19-11-26-21-9-5-16(24)13-28(19)21/h2-13,22H,1H3. The van der Waals surface area contributed by atoms with Crippen LogP contribution in [0.3, 0.4) is 0 Å². The fraction of sp³-hybridized carbons (Fsp3) is 0.0909. The number of nitrogens with zero attached hydrogens (tertiary/aromatic N) is 4. The van der Waals surface area contributed by atoms with Crippen molar-refractivity contribution in [3.63, 3.8) is 0 Å². The van der Waals surface area contributed by atoms with Gasteiger partial charge >= 0.3 is 0 Å². The van der Waals surface area contributed by atoms with Gasteiger partial charge in [0.15, 0.2) is 0 Å². The molecule has 0 aliphatic rings. The highest BCUT2D eigenvalue weighted by molar-refractivity contribution is 9.10. The lowest BCUT2D eigenvalue weighted by atomic mass is 9.93. The van der Waals surface area contributed by atoms with Crippen molar-refractivity contribution in [2.24, 2.45) is 0 Å². The summed E-state index contributed by atoms with van der Waals surface area (Å²) in [5.41, 5.74) is 5.06. The third-order valence-electron chi connectivity index (χ3n) is 5.04. The molecule has 0 aliphatic heterocycles. The minimum Gasteiger partial charge on any atom is -0.497 e. The summed E-state index contributed by atoms with van der Waals surface area (Å²) in [6, 6.07) is 16.2. The highest BCUT2D eigenvalue weighted by atomic mass is 79.9. The number of imidazole rings is 2. The Hall–Kier alpha value is -2.64. The third-order valence-corrected chi connectivity index (χ3v) is 5.98. The van der Waals surface area contributed by atoms with E-state index in [9.17, 15) is 0 Å². The van der Waals surface area contributed by atoms with Crippen molar-refractivity contribution < 1.29 is 4.74 Å². The lowest BCUT2D eigenvalue weighted by Crippen LogP contribution is -2.09. The van der Waals surface area contributed by atoms with Crippen LogP contribution in [0, 0.1) is 0 Å². The molecule has 0 atom stereocenters. The van der Waals surface area contributed by atoms with Gasteiger partial charge in [0.1, 0.15) is 17.0 Å². The SMILES string of the molecule is COc1ccc(C(c2cnc3ccc(Br)cn23)c2cnc3ccc(Br)cn23)cc1. The van der Waals surface area contributed by atoms with Crippen molar-refractivity contribution in [2.45, 2.75) is 5.92 Å². The highest BCUT2D eigenvalue weighted by Crippen LogP contribution is 2.34. The van der Waals surface area contributed by atoms with Crippen LogP contribution in [-0.2, 0) is 0 Å².